The van der Waals surface area contributed by atoms with E-state index in [-0.39, 0.29) is 5.97 Å². The number of aromatic nitrogens is 1. The van der Waals surface area contributed by atoms with E-state index in [1.54, 1.807) is 6.92 Å². The number of nitrogens with zero attached hydrogens (tertiary/aromatic N) is 1. The summed E-state index contributed by atoms with van der Waals surface area (Å²) in [4.78, 5) is 15.4. The Morgan fingerprint density at radius 3 is 1.91 bits per heavy atom. The lowest BCUT2D eigenvalue weighted by Crippen LogP contribution is -2.03. The van der Waals surface area contributed by atoms with Crippen LogP contribution in [0.1, 0.15) is 55.1 Å². The van der Waals surface area contributed by atoms with E-state index in [2.05, 4.69) is 20.9 Å². The molecule has 3 rings (SSSR count). The van der Waals surface area contributed by atoms with Crippen molar-refractivity contribution in [3.05, 3.63) is 15.0 Å². The van der Waals surface area contributed by atoms with Gasteiger partial charge in [0.05, 0.1) is 12.8 Å². The van der Waals surface area contributed by atoms with E-state index < -0.39 is 0 Å². The second-order valence-electron chi connectivity index (χ2n) is 5.04. The first kappa shape index (κ1) is 20.5. The third-order valence-electron chi connectivity index (χ3n) is 3.11. The average molecular weight is 408 g/mol. The van der Waals surface area contributed by atoms with Crippen LogP contribution in [0.5, 0.6) is 0 Å². The Kier molecular flexibility index (Phi) is 12.4. The molecule has 2 saturated heterocycles. The van der Waals surface area contributed by atoms with Crippen LogP contribution >= 0.6 is 27.3 Å². The van der Waals surface area contributed by atoms with Crippen molar-refractivity contribution < 1.29 is 19.0 Å². The van der Waals surface area contributed by atoms with Crippen LogP contribution in [0, 0.1) is 0 Å². The van der Waals surface area contributed by atoms with Gasteiger partial charge in [0.2, 0.25) is 0 Å². The molecule has 1 aromatic heterocycles. The summed E-state index contributed by atoms with van der Waals surface area (Å²) in [5, 5.41) is 0. The second-order valence-corrected chi connectivity index (χ2v) is 7.35. The van der Waals surface area contributed by atoms with Gasteiger partial charge in [0.1, 0.15) is 4.88 Å². The second kappa shape index (κ2) is 13.9. The van der Waals surface area contributed by atoms with E-state index in [9.17, 15) is 4.79 Å². The van der Waals surface area contributed by atoms with Gasteiger partial charge in [-0.05, 0) is 61.4 Å². The molecule has 0 N–H and O–H groups in total. The maximum Gasteiger partial charge on any atom is 0.349 e. The molecule has 0 bridgehead atoms. The molecule has 7 heteroatoms. The van der Waals surface area contributed by atoms with Gasteiger partial charge in [0.25, 0.3) is 0 Å². The van der Waals surface area contributed by atoms with Crippen LogP contribution in [-0.4, -0.2) is 44.0 Å². The van der Waals surface area contributed by atoms with Crippen molar-refractivity contribution in [2.45, 2.75) is 45.4 Å². The van der Waals surface area contributed by atoms with Gasteiger partial charge in [0.15, 0.2) is 3.92 Å². The van der Waals surface area contributed by atoms with Crippen LogP contribution in [0.25, 0.3) is 0 Å². The topological polar surface area (TPSA) is 57.7 Å². The summed E-state index contributed by atoms with van der Waals surface area (Å²) in [5.41, 5.74) is 0. The Bertz CT molecular complexity index is 385. The minimum absolute atomic E-state index is 0.310. The number of hydrogen-bond acceptors (Lipinski definition) is 6. The Labute approximate surface area is 150 Å². The van der Waals surface area contributed by atoms with Crippen LogP contribution in [0.15, 0.2) is 10.1 Å². The first-order chi connectivity index (χ1) is 11.2. The molecular weight excluding hydrogens is 382 g/mol. The molecule has 23 heavy (non-hydrogen) atoms. The van der Waals surface area contributed by atoms with Gasteiger partial charge in [-0.3, -0.25) is 0 Å². The summed E-state index contributed by atoms with van der Waals surface area (Å²) in [5.74, 6) is -0.310. The molecule has 1 aromatic rings. The van der Waals surface area contributed by atoms with Gasteiger partial charge in [-0.15, -0.1) is 11.3 Å². The largest absolute Gasteiger partial charge is 0.462 e. The van der Waals surface area contributed by atoms with Gasteiger partial charge < -0.3 is 14.2 Å². The molecule has 0 spiro atoms. The number of thiazole rings is 1. The van der Waals surface area contributed by atoms with Crippen LogP contribution in [0.4, 0.5) is 0 Å². The van der Waals surface area contributed by atoms with Crippen molar-refractivity contribution in [3.63, 3.8) is 0 Å². The number of halogens is 1. The van der Waals surface area contributed by atoms with Crippen LogP contribution in [0.3, 0.4) is 0 Å². The number of esters is 1. The molecule has 2 fully saturated rings. The lowest BCUT2D eigenvalue weighted by Gasteiger charge is -2.08. The molecule has 5 nitrogen and oxygen atoms in total. The van der Waals surface area contributed by atoms with E-state index in [4.69, 9.17) is 14.2 Å². The summed E-state index contributed by atoms with van der Waals surface area (Å²) in [6.45, 7) is 6.17. The predicted octanol–water partition coefficient (Wildman–Crippen LogP) is 4.46. The SMILES string of the molecule is C1CCOCC1.C1CCOCC1.CCOC(=O)c1cnc(Br)s1. The molecule has 2 aliphatic rings. The normalized spacial score (nSPS) is 17.1. The highest BCUT2D eigenvalue weighted by Gasteiger charge is 2.09. The number of carbonyl (C=O) groups is 1. The summed E-state index contributed by atoms with van der Waals surface area (Å²) >= 11 is 4.42. The van der Waals surface area contributed by atoms with E-state index in [1.165, 1.54) is 56.1 Å². The van der Waals surface area contributed by atoms with Crippen LogP contribution in [0.2, 0.25) is 0 Å². The van der Waals surface area contributed by atoms with Crippen molar-refractivity contribution in [3.8, 4) is 0 Å². The highest BCUT2D eigenvalue weighted by molar-refractivity contribution is 9.11. The summed E-state index contributed by atoms with van der Waals surface area (Å²) in [7, 11) is 0. The zero-order chi connectivity index (χ0) is 16.8. The lowest BCUT2D eigenvalue weighted by atomic mass is 10.2. The van der Waals surface area contributed by atoms with Gasteiger partial charge in [0, 0.05) is 26.4 Å². The smallest absolute Gasteiger partial charge is 0.349 e. The van der Waals surface area contributed by atoms with E-state index in [0.717, 1.165) is 26.4 Å². The Hall–Kier alpha value is -0.500. The van der Waals surface area contributed by atoms with Gasteiger partial charge in [-0.2, -0.15) is 0 Å². The minimum atomic E-state index is -0.310. The number of carbonyl (C=O) groups excluding carboxylic acids is 1. The van der Waals surface area contributed by atoms with Gasteiger partial charge >= 0.3 is 5.97 Å². The minimum Gasteiger partial charge on any atom is -0.462 e. The highest BCUT2D eigenvalue weighted by atomic mass is 79.9. The molecule has 0 radical (unpaired) electrons. The maximum atomic E-state index is 11.0. The maximum absolute atomic E-state index is 11.0. The zero-order valence-corrected chi connectivity index (χ0v) is 16.1. The zero-order valence-electron chi connectivity index (χ0n) is 13.7. The Balaban J connectivity index is 0.000000187. The lowest BCUT2D eigenvalue weighted by molar-refractivity contribution is 0.0532. The average Bonchev–Trinajstić information content (AvgIpc) is 3.06. The van der Waals surface area contributed by atoms with Crippen molar-refractivity contribution >= 4 is 33.2 Å². The third kappa shape index (κ3) is 10.8. The Morgan fingerprint density at radius 1 is 1.13 bits per heavy atom. The monoisotopic (exact) mass is 407 g/mol. The first-order valence-electron chi connectivity index (χ1n) is 8.18. The van der Waals surface area contributed by atoms with E-state index in [0.29, 0.717) is 15.4 Å². The quantitative estimate of drug-likeness (QED) is 0.677. The predicted molar refractivity (Wildman–Crippen MR) is 95.1 cm³/mol. The van der Waals surface area contributed by atoms with Crippen LogP contribution < -0.4 is 0 Å². The van der Waals surface area contributed by atoms with Crippen molar-refractivity contribution in [1.82, 2.24) is 4.98 Å². The summed E-state index contributed by atoms with van der Waals surface area (Å²) in [6, 6.07) is 0. The van der Waals surface area contributed by atoms with Gasteiger partial charge in [-0.1, -0.05) is 0 Å². The number of rotatable bonds is 2. The van der Waals surface area contributed by atoms with Crippen molar-refractivity contribution in [1.29, 1.82) is 0 Å². The van der Waals surface area contributed by atoms with Crippen molar-refractivity contribution in [2.24, 2.45) is 0 Å². The molecule has 0 unspecified atom stereocenters. The fraction of sp³-hybridized carbons (Fsp3) is 0.750. The Morgan fingerprint density at radius 2 is 1.65 bits per heavy atom. The van der Waals surface area contributed by atoms with Crippen LogP contribution in [-0.2, 0) is 14.2 Å². The molecule has 2 aliphatic heterocycles. The highest BCUT2D eigenvalue weighted by Crippen LogP contribution is 2.18. The number of ether oxygens (including phenoxy) is 3. The molecule has 0 amide bonds. The fourth-order valence-corrected chi connectivity index (χ4v) is 3.08. The summed E-state index contributed by atoms with van der Waals surface area (Å²) < 4.78 is 15.6. The van der Waals surface area contributed by atoms with E-state index >= 15 is 0 Å². The molecule has 3 heterocycles. The number of hydrogen-bond donors (Lipinski definition) is 0. The molecule has 132 valence electrons. The van der Waals surface area contributed by atoms with Gasteiger partial charge in [-0.25, -0.2) is 9.78 Å². The fourth-order valence-electron chi connectivity index (χ4n) is 1.92. The van der Waals surface area contributed by atoms with E-state index in [1.807, 2.05) is 0 Å². The standard InChI is InChI=1S/C6H6BrNO2S.2C5H10O/c1-2-10-5(9)4-3-8-6(7)11-4;2*1-2-4-6-5-3-1/h3H,2H2,1H3;2*1-5H2. The van der Waals surface area contributed by atoms with Crippen molar-refractivity contribution in [2.75, 3.05) is 33.0 Å². The first-order valence-corrected chi connectivity index (χ1v) is 9.79. The molecule has 0 aliphatic carbocycles. The molecule has 0 aromatic carbocycles. The molecule has 0 saturated carbocycles. The molecular formula is C16H26BrNO4S. The molecule has 0 atom stereocenters. The summed E-state index contributed by atoms with van der Waals surface area (Å²) in [6.07, 6.45) is 9.35. The third-order valence-corrected chi connectivity index (χ3v) is 4.56.